The van der Waals surface area contributed by atoms with Gasteiger partial charge in [0, 0.05) is 68.6 Å². The fourth-order valence-corrected chi connectivity index (χ4v) is 14.4. The van der Waals surface area contributed by atoms with E-state index in [9.17, 15) is 44.1 Å². The lowest BCUT2D eigenvalue weighted by atomic mass is 9.90. The number of pyridine rings is 1. The van der Waals surface area contributed by atoms with Crippen LogP contribution in [0.5, 0.6) is 5.75 Å². The molecule has 0 radical (unpaired) electrons. The minimum absolute atomic E-state index is 0.00574. The fraction of sp³-hybridized carbons (Fsp3) is 0.255. The van der Waals surface area contributed by atoms with E-state index in [0.29, 0.717) is 64.4 Å². The lowest BCUT2D eigenvalue weighted by Gasteiger charge is -2.29. The van der Waals surface area contributed by atoms with Crippen molar-refractivity contribution in [1.82, 2.24) is 56.2 Å². The number of hydrogen-bond donors (Lipinski definition) is 9. The molecule has 9 aromatic rings. The van der Waals surface area contributed by atoms with Gasteiger partial charge in [-0.1, -0.05) is 49.4 Å². The zero-order valence-corrected chi connectivity index (χ0v) is 49.0. The lowest BCUT2D eigenvalue weighted by Crippen LogP contribution is -2.51. The number of phenols is 1. The molecule has 83 heavy (non-hydrogen) atoms. The maximum absolute atomic E-state index is 14.9. The molecule has 11 N–H and O–H groups in total. The Hall–Kier alpha value is -7.93. The fourth-order valence-electron chi connectivity index (χ4n) is 9.11. The Morgan fingerprint density at radius 1 is 0.675 bits per heavy atom. The van der Waals surface area contributed by atoms with Gasteiger partial charge in [0.25, 0.3) is 17.7 Å². The third-order valence-corrected chi connectivity index (χ3v) is 19.1. The number of carbonyl (C=O) groups is 6. The molecule has 8 heterocycles. The van der Waals surface area contributed by atoms with Gasteiger partial charge in [0.2, 0.25) is 11.8 Å². The number of aryl methyl sites for hydroxylation is 1. The Morgan fingerprint density at radius 2 is 1.31 bits per heavy atom. The van der Waals surface area contributed by atoms with Crippen LogP contribution in [-0.4, -0.2) is 111 Å². The summed E-state index contributed by atoms with van der Waals surface area (Å²) >= 11 is 6.92. The highest BCUT2D eigenvalue weighted by Crippen LogP contribution is 2.41. The Kier molecular flexibility index (Phi) is 17.8. The van der Waals surface area contributed by atoms with E-state index in [-0.39, 0.29) is 64.3 Å². The molecular formula is C55H51N13O9S6. The second kappa shape index (κ2) is 25.3. The number of aromatic hydroxyl groups is 1. The SMILES string of the molecule is CNC[C@H](O)[C@H](C)[C@@H]1NC(=O)[C@H](Cc2ccc(O)cc2)NC(=O)c2csc(n2)[C@H]([C@H](O)c2ccccc2)CC(=O)c2nc(sc2C)[C@H](CC(N)=O)NC(=O)c2csc(n2)-c2ccc(-c3nc(C(N)=O)cs3)nc2-c2csc(n2)-c2csc1n2. The third kappa shape index (κ3) is 13.1. The minimum atomic E-state index is -1.30. The van der Waals surface area contributed by atoms with E-state index in [2.05, 4.69) is 36.2 Å². The normalized spacial score (nSPS) is 18.1. The van der Waals surface area contributed by atoms with Crippen LogP contribution in [0.3, 0.4) is 0 Å². The van der Waals surface area contributed by atoms with Crippen molar-refractivity contribution >= 4 is 103 Å². The molecule has 10 rings (SSSR count). The summed E-state index contributed by atoms with van der Waals surface area (Å²) in [5, 5.41) is 55.6. The second-order valence-electron chi connectivity index (χ2n) is 19.3. The molecule has 28 heteroatoms. The number of Topliss-reactive ketones (excluding diaryl/α,β-unsaturated/α-hetero) is 1. The van der Waals surface area contributed by atoms with Crippen LogP contribution in [0.15, 0.2) is 93.6 Å². The van der Waals surface area contributed by atoms with E-state index >= 15 is 0 Å². The molecule has 5 amide bonds. The maximum atomic E-state index is 14.9. The number of benzene rings is 2. The van der Waals surface area contributed by atoms with Crippen molar-refractivity contribution < 1.29 is 44.1 Å². The first-order valence-corrected chi connectivity index (χ1v) is 30.8. The van der Waals surface area contributed by atoms with E-state index in [1.54, 1.807) is 91.6 Å². The number of rotatable bonds is 12. The number of fused-ring (bicyclic) bond motifs is 14. The molecule has 1 aliphatic heterocycles. The molecule has 22 nitrogen and oxygen atoms in total. The molecule has 0 spiro atoms. The van der Waals surface area contributed by atoms with Gasteiger partial charge in [-0.3, -0.25) is 28.8 Å². The Balaban J connectivity index is 1.09. The van der Waals surface area contributed by atoms with Gasteiger partial charge < -0.3 is 48.1 Å². The largest absolute Gasteiger partial charge is 0.508 e. The van der Waals surface area contributed by atoms with Crippen molar-refractivity contribution in [2.45, 2.75) is 69.4 Å². The Labute approximate surface area is 497 Å². The van der Waals surface area contributed by atoms with Crippen molar-refractivity contribution in [2.24, 2.45) is 17.4 Å². The standard InChI is InChI=1S/C55H51N13O9S6/c1-24(40(71)18-58-3)42-55-66-38(23-82-55)53-62-34(19-80-53)44-29(13-14-31(59-44)52-63-35(20-81-52)46(57)74)50-64-37(21-78-50)49(77)61-33(17-41(56)72)54-68-43(25(2)83-54)39(70)16-30(45(73)27-7-5-4-6-8-27)51-65-36(22-79-51)48(76)60-32(47(75)67-42)15-26-9-11-28(69)12-10-26/h4-14,19-24,30,32-33,40,42,45,58,69,71,73H,15-18H2,1-3H3,(H2,56,72)(H2,57,74)(H,60,76)(H,61,77)(H,67,75)/t24-,30-,32-,33-,40-,42-,45+/m0/s1. The first-order chi connectivity index (χ1) is 39.9. The highest BCUT2D eigenvalue weighted by atomic mass is 32.1. The Morgan fingerprint density at radius 3 is 2.04 bits per heavy atom. The van der Waals surface area contributed by atoms with Crippen LogP contribution in [0.2, 0.25) is 0 Å². The summed E-state index contributed by atoms with van der Waals surface area (Å²) in [7, 11) is 1.69. The van der Waals surface area contributed by atoms with Crippen LogP contribution >= 0.6 is 68.0 Å². The molecule has 0 saturated heterocycles. The average Bonchev–Trinajstić information content (AvgIpc) is 4.50. The Bertz CT molecular complexity index is 3870. The molecule has 0 unspecified atom stereocenters. The smallest absolute Gasteiger partial charge is 0.271 e. The highest BCUT2D eigenvalue weighted by molar-refractivity contribution is 7.15. The number of ketones is 1. The van der Waals surface area contributed by atoms with Crippen LogP contribution in [0.25, 0.3) is 43.4 Å². The number of phenolic OH excluding ortho intramolecular Hbond substituents is 1. The van der Waals surface area contributed by atoms with E-state index < -0.39 is 77.5 Å². The number of aliphatic hydroxyl groups is 2. The van der Waals surface area contributed by atoms with Gasteiger partial charge in [0.15, 0.2) is 5.78 Å². The summed E-state index contributed by atoms with van der Waals surface area (Å²) in [6.45, 7) is 3.60. The monoisotopic (exact) mass is 1230 g/mol. The maximum Gasteiger partial charge on any atom is 0.271 e. The number of hydrogen-bond acceptors (Lipinski definition) is 23. The summed E-state index contributed by atoms with van der Waals surface area (Å²) in [5.41, 5.74) is 14.4. The minimum Gasteiger partial charge on any atom is -0.508 e. The number of amides is 5. The number of nitrogens with one attached hydrogen (secondary N) is 4. The van der Waals surface area contributed by atoms with Gasteiger partial charge in [-0.2, -0.15) is 0 Å². The molecule has 7 aromatic heterocycles. The summed E-state index contributed by atoms with van der Waals surface area (Å²) in [4.78, 5) is 117. The number of nitrogens with zero attached hydrogens (tertiary/aromatic N) is 7. The number of likely N-dealkylation sites (N-methyl/N-ethyl adjacent to an activating group) is 1. The first-order valence-electron chi connectivity index (χ1n) is 25.6. The quantitative estimate of drug-likeness (QED) is 0.0609. The van der Waals surface area contributed by atoms with E-state index in [1.165, 1.54) is 56.9 Å². The third-order valence-electron chi connectivity index (χ3n) is 13.5. The zero-order chi connectivity index (χ0) is 58.6. The van der Waals surface area contributed by atoms with E-state index in [1.807, 2.05) is 0 Å². The van der Waals surface area contributed by atoms with Gasteiger partial charge in [0.1, 0.15) is 76.7 Å². The van der Waals surface area contributed by atoms with Gasteiger partial charge in [-0.05, 0) is 49.4 Å². The van der Waals surface area contributed by atoms with Crippen molar-refractivity contribution in [3.63, 3.8) is 0 Å². The number of thiazole rings is 6. The predicted octanol–water partition coefficient (Wildman–Crippen LogP) is 6.77. The predicted molar refractivity (Wildman–Crippen MR) is 316 cm³/mol. The molecule has 0 aliphatic carbocycles. The van der Waals surface area contributed by atoms with E-state index in [0.717, 1.165) is 34.0 Å². The number of aromatic nitrogens is 7. The topological polar surface area (TPSA) is 353 Å². The number of nitrogens with two attached hydrogens (primary N) is 2. The molecule has 2 aromatic carbocycles. The highest BCUT2D eigenvalue weighted by Gasteiger charge is 2.36. The number of aliphatic hydroxyl groups excluding tert-OH is 2. The first kappa shape index (κ1) is 58.3. The molecule has 0 fully saturated rings. The number of carbonyl (C=O) groups excluding carboxylic acids is 6. The van der Waals surface area contributed by atoms with Crippen molar-refractivity contribution in [3.8, 4) is 49.1 Å². The van der Waals surface area contributed by atoms with Crippen LogP contribution in [0.1, 0.15) is 117 Å². The molecular weight excluding hydrogens is 1180 g/mol. The number of primary amides is 2. The van der Waals surface area contributed by atoms with Gasteiger partial charge in [0.05, 0.1) is 41.4 Å². The molecule has 426 valence electrons. The van der Waals surface area contributed by atoms with Gasteiger partial charge in [-0.15, -0.1) is 68.0 Å². The lowest BCUT2D eigenvalue weighted by molar-refractivity contribution is -0.124. The summed E-state index contributed by atoms with van der Waals surface area (Å²) < 4.78 is 0. The molecule has 0 saturated carbocycles. The van der Waals surface area contributed by atoms with E-state index in [4.69, 9.17) is 31.4 Å². The van der Waals surface area contributed by atoms with Gasteiger partial charge in [-0.25, -0.2) is 34.9 Å². The van der Waals surface area contributed by atoms with Crippen LogP contribution in [-0.2, 0) is 16.0 Å². The van der Waals surface area contributed by atoms with Gasteiger partial charge >= 0.3 is 0 Å². The van der Waals surface area contributed by atoms with Crippen LogP contribution < -0.4 is 32.7 Å². The summed E-state index contributed by atoms with van der Waals surface area (Å²) in [6.07, 6.45) is -3.06. The summed E-state index contributed by atoms with van der Waals surface area (Å²) in [6, 6.07) is 15.0. The average molecular weight is 1230 g/mol. The van der Waals surface area contributed by atoms with Crippen molar-refractivity contribution in [1.29, 1.82) is 0 Å². The van der Waals surface area contributed by atoms with Crippen molar-refractivity contribution in [2.75, 3.05) is 13.6 Å². The molecule has 7 atom stereocenters. The molecule has 1 aliphatic rings. The van der Waals surface area contributed by atoms with Crippen LogP contribution in [0, 0.1) is 12.8 Å². The zero-order valence-electron chi connectivity index (χ0n) is 44.1. The van der Waals surface area contributed by atoms with Crippen molar-refractivity contribution in [3.05, 3.63) is 147 Å². The van der Waals surface area contributed by atoms with Crippen LogP contribution in [0.4, 0.5) is 0 Å². The second-order valence-corrected chi connectivity index (χ2v) is 24.9. The molecule has 10 bridgehead atoms. The summed E-state index contributed by atoms with van der Waals surface area (Å²) in [5.74, 6) is -5.70.